The van der Waals surface area contributed by atoms with Gasteiger partial charge in [0.25, 0.3) is 0 Å². The maximum Gasteiger partial charge on any atom is 0.119 e. The highest BCUT2D eigenvalue weighted by Crippen LogP contribution is 2.39. The molecular weight excluding hydrogens is 242 g/mol. The van der Waals surface area contributed by atoms with Gasteiger partial charge in [-0.2, -0.15) is 11.3 Å². The van der Waals surface area contributed by atoms with Crippen LogP contribution < -0.4 is 10.5 Å². The molecule has 1 heterocycles. The maximum atomic E-state index is 6.63. The number of ether oxygens (including phenoxy) is 1. The minimum Gasteiger partial charge on any atom is -0.497 e. The van der Waals surface area contributed by atoms with Crippen LogP contribution >= 0.6 is 11.3 Å². The monoisotopic (exact) mass is 259 g/mol. The second-order valence-electron chi connectivity index (χ2n) is 4.99. The minimum atomic E-state index is -0.231. The van der Waals surface area contributed by atoms with Gasteiger partial charge in [0, 0.05) is 5.54 Å². The number of methoxy groups -OCH3 is 1. The number of rotatable bonds is 3. The summed E-state index contributed by atoms with van der Waals surface area (Å²) in [6.45, 7) is 0. The summed E-state index contributed by atoms with van der Waals surface area (Å²) in [4.78, 5) is 0. The van der Waals surface area contributed by atoms with E-state index >= 15 is 0 Å². The summed E-state index contributed by atoms with van der Waals surface area (Å²) in [7, 11) is 1.70. The summed E-state index contributed by atoms with van der Waals surface area (Å²) in [6, 6.07) is 8.44. The molecule has 1 aromatic heterocycles. The normalized spacial score (nSPS) is 21.9. The zero-order valence-electron chi connectivity index (χ0n) is 10.5. The Kier molecular flexibility index (Phi) is 2.88. The molecule has 1 aliphatic rings. The Morgan fingerprint density at radius 1 is 1.39 bits per heavy atom. The highest BCUT2D eigenvalue weighted by Gasteiger charge is 2.35. The van der Waals surface area contributed by atoms with E-state index in [0.29, 0.717) is 0 Å². The Labute approximate surface area is 111 Å². The molecular formula is C15H17NOS. The van der Waals surface area contributed by atoms with Crippen molar-refractivity contribution in [2.45, 2.75) is 24.8 Å². The van der Waals surface area contributed by atoms with Crippen LogP contribution in [0.4, 0.5) is 0 Å². The van der Waals surface area contributed by atoms with Crippen LogP contribution in [0.5, 0.6) is 5.75 Å². The lowest BCUT2D eigenvalue weighted by Crippen LogP contribution is -2.36. The lowest BCUT2D eigenvalue weighted by molar-refractivity contribution is 0.407. The molecule has 1 aliphatic carbocycles. The van der Waals surface area contributed by atoms with Crippen molar-refractivity contribution in [1.29, 1.82) is 0 Å². The molecule has 2 N–H and O–H groups in total. The van der Waals surface area contributed by atoms with Crippen molar-refractivity contribution in [3.8, 4) is 5.75 Å². The predicted molar refractivity (Wildman–Crippen MR) is 75.2 cm³/mol. The van der Waals surface area contributed by atoms with Crippen molar-refractivity contribution in [3.63, 3.8) is 0 Å². The zero-order valence-corrected chi connectivity index (χ0v) is 11.3. The highest BCUT2D eigenvalue weighted by atomic mass is 32.1. The molecule has 0 aliphatic heterocycles. The smallest absolute Gasteiger partial charge is 0.119 e. The van der Waals surface area contributed by atoms with E-state index in [0.717, 1.165) is 25.0 Å². The van der Waals surface area contributed by atoms with Gasteiger partial charge in [-0.15, -0.1) is 0 Å². The molecule has 2 aromatic rings. The van der Waals surface area contributed by atoms with E-state index in [9.17, 15) is 0 Å². The van der Waals surface area contributed by atoms with Crippen molar-refractivity contribution < 1.29 is 4.74 Å². The summed E-state index contributed by atoms with van der Waals surface area (Å²) in [5, 5.41) is 4.30. The van der Waals surface area contributed by atoms with Crippen molar-refractivity contribution in [1.82, 2.24) is 0 Å². The van der Waals surface area contributed by atoms with Crippen molar-refractivity contribution in [2.24, 2.45) is 5.73 Å². The van der Waals surface area contributed by atoms with Gasteiger partial charge in [0.1, 0.15) is 5.75 Å². The van der Waals surface area contributed by atoms with Gasteiger partial charge in [-0.3, -0.25) is 0 Å². The molecule has 94 valence electrons. The van der Waals surface area contributed by atoms with E-state index in [4.69, 9.17) is 10.5 Å². The van der Waals surface area contributed by atoms with E-state index in [1.165, 1.54) is 16.7 Å². The summed E-state index contributed by atoms with van der Waals surface area (Å²) in [5.41, 5.74) is 10.4. The second kappa shape index (κ2) is 4.41. The maximum absolute atomic E-state index is 6.63. The Hall–Kier alpha value is -1.32. The average molecular weight is 259 g/mol. The van der Waals surface area contributed by atoms with E-state index in [-0.39, 0.29) is 5.54 Å². The third-order valence-corrected chi connectivity index (χ3v) is 4.53. The SMILES string of the molecule is COc1ccc2c(c1)C(N)(Cc1ccsc1)CC2. The van der Waals surface area contributed by atoms with Crippen LogP contribution in [0.1, 0.15) is 23.1 Å². The molecule has 0 spiro atoms. The zero-order chi connectivity index (χ0) is 12.6. The van der Waals surface area contributed by atoms with Crippen molar-refractivity contribution in [2.75, 3.05) is 7.11 Å². The van der Waals surface area contributed by atoms with Gasteiger partial charge in [-0.25, -0.2) is 0 Å². The molecule has 0 fully saturated rings. The molecule has 2 nitrogen and oxygen atoms in total. The first-order chi connectivity index (χ1) is 8.71. The van der Waals surface area contributed by atoms with Gasteiger partial charge in [-0.05, 0) is 64.9 Å². The summed E-state index contributed by atoms with van der Waals surface area (Å²) in [6.07, 6.45) is 3.00. The number of thiophene rings is 1. The van der Waals surface area contributed by atoms with Crippen LogP contribution in [-0.2, 0) is 18.4 Å². The fourth-order valence-corrected chi connectivity index (χ4v) is 3.47. The lowest BCUT2D eigenvalue weighted by atomic mass is 9.87. The number of fused-ring (bicyclic) bond motifs is 1. The van der Waals surface area contributed by atoms with E-state index in [2.05, 4.69) is 29.0 Å². The van der Waals surface area contributed by atoms with Gasteiger partial charge in [0.05, 0.1) is 7.11 Å². The second-order valence-corrected chi connectivity index (χ2v) is 5.77. The molecule has 1 atom stereocenters. The fraction of sp³-hybridized carbons (Fsp3) is 0.333. The van der Waals surface area contributed by atoms with Gasteiger partial charge in [-0.1, -0.05) is 6.07 Å². The first-order valence-electron chi connectivity index (χ1n) is 6.19. The number of hydrogen-bond acceptors (Lipinski definition) is 3. The number of hydrogen-bond donors (Lipinski definition) is 1. The van der Waals surface area contributed by atoms with E-state index < -0.39 is 0 Å². The highest BCUT2D eigenvalue weighted by molar-refractivity contribution is 7.07. The molecule has 0 amide bonds. The van der Waals surface area contributed by atoms with Crippen molar-refractivity contribution >= 4 is 11.3 Å². The Bertz CT molecular complexity index is 550. The van der Waals surface area contributed by atoms with Gasteiger partial charge in [0.2, 0.25) is 0 Å². The van der Waals surface area contributed by atoms with Gasteiger partial charge in [0.15, 0.2) is 0 Å². The average Bonchev–Trinajstić information content (AvgIpc) is 2.99. The Morgan fingerprint density at radius 2 is 2.28 bits per heavy atom. The first-order valence-corrected chi connectivity index (χ1v) is 7.13. The van der Waals surface area contributed by atoms with Crippen molar-refractivity contribution in [3.05, 3.63) is 51.7 Å². The molecule has 3 heteroatoms. The van der Waals surface area contributed by atoms with E-state index in [1.54, 1.807) is 18.4 Å². The summed E-state index contributed by atoms with van der Waals surface area (Å²) in [5.74, 6) is 0.899. The molecule has 0 radical (unpaired) electrons. The van der Waals surface area contributed by atoms with Gasteiger partial charge < -0.3 is 10.5 Å². The first kappa shape index (κ1) is 11.8. The standard InChI is InChI=1S/C15H17NOS/c1-17-13-3-2-12-4-6-15(16,14(12)8-13)9-11-5-7-18-10-11/h2-3,5,7-8,10H,4,6,9,16H2,1H3. The Morgan fingerprint density at radius 3 is 3.00 bits per heavy atom. The molecule has 18 heavy (non-hydrogen) atoms. The topological polar surface area (TPSA) is 35.2 Å². The molecule has 0 bridgehead atoms. The van der Waals surface area contributed by atoms with E-state index in [1.807, 2.05) is 6.07 Å². The fourth-order valence-electron chi connectivity index (χ4n) is 2.80. The Balaban J connectivity index is 1.96. The van der Waals surface area contributed by atoms with Gasteiger partial charge >= 0.3 is 0 Å². The van der Waals surface area contributed by atoms with Crippen LogP contribution in [-0.4, -0.2) is 7.11 Å². The predicted octanol–water partition coefficient (Wildman–Crippen LogP) is 3.10. The summed E-state index contributed by atoms with van der Waals surface area (Å²) < 4.78 is 5.31. The van der Waals surface area contributed by atoms with Crippen LogP contribution in [0.15, 0.2) is 35.0 Å². The third kappa shape index (κ3) is 1.93. The number of nitrogens with two attached hydrogens (primary N) is 1. The quantitative estimate of drug-likeness (QED) is 0.919. The lowest BCUT2D eigenvalue weighted by Gasteiger charge is -2.25. The minimum absolute atomic E-state index is 0.231. The van der Waals surface area contributed by atoms with Crippen LogP contribution in [0, 0.1) is 0 Å². The van der Waals surface area contributed by atoms with Crippen LogP contribution in [0.3, 0.4) is 0 Å². The molecule has 1 aromatic carbocycles. The number of benzene rings is 1. The molecule has 3 rings (SSSR count). The molecule has 0 saturated carbocycles. The van der Waals surface area contributed by atoms with Crippen LogP contribution in [0.25, 0.3) is 0 Å². The molecule has 0 saturated heterocycles. The summed E-state index contributed by atoms with van der Waals surface area (Å²) >= 11 is 1.73. The number of aryl methyl sites for hydroxylation is 1. The van der Waals surface area contributed by atoms with Crippen LogP contribution in [0.2, 0.25) is 0 Å². The largest absolute Gasteiger partial charge is 0.497 e. The molecule has 1 unspecified atom stereocenters. The third-order valence-electron chi connectivity index (χ3n) is 3.79.